The Kier molecular flexibility index (Phi) is 7.37. The SMILES string of the molecule is CCNC(=NCc1ccc(CC)s1)NCC1(CCOC)CCC1. The van der Waals surface area contributed by atoms with Crippen LogP contribution in [-0.4, -0.2) is 32.8 Å². The van der Waals surface area contributed by atoms with Crippen molar-refractivity contribution in [3.63, 3.8) is 0 Å². The Morgan fingerprint density at radius 3 is 2.61 bits per heavy atom. The van der Waals surface area contributed by atoms with Gasteiger partial charge in [-0.3, -0.25) is 0 Å². The number of thiophene rings is 1. The molecule has 1 aliphatic carbocycles. The highest BCUT2D eigenvalue weighted by Gasteiger charge is 2.36. The van der Waals surface area contributed by atoms with Gasteiger partial charge in [-0.25, -0.2) is 4.99 Å². The molecule has 2 N–H and O–H groups in total. The first-order valence-electron chi connectivity index (χ1n) is 8.80. The Balaban J connectivity index is 1.88. The first-order chi connectivity index (χ1) is 11.2. The molecule has 0 radical (unpaired) electrons. The van der Waals surface area contributed by atoms with Crippen LogP contribution in [0.15, 0.2) is 17.1 Å². The van der Waals surface area contributed by atoms with Crippen molar-refractivity contribution in [1.82, 2.24) is 10.6 Å². The third-order valence-electron chi connectivity index (χ3n) is 4.68. The van der Waals surface area contributed by atoms with Gasteiger partial charge in [0, 0.05) is 36.6 Å². The molecule has 1 aromatic rings. The fourth-order valence-electron chi connectivity index (χ4n) is 2.98. The molecule has 0 unspecified atom stereocenters. The summed E-state index contributed by atoms with van der Waals surface area (Å²) in [6, 6.07) is 4.41. The minimum atomic E-state index is 0.407. The number of rotatable bonds is 9. The van der Waals surface area contributed by atoms with Crippen molar-refractivity contribution in [3.8, 4) is 0 Å². The second-order valence-electron chi connectivity index (χ2n) is 6.37. The molecular weight excluding hydrogens is 306 g/mol. The van der Waals surface area contributed by atoms with Gasteiger partial charge in [0.2, 0.25) is 0 Å². The first kappa shape index (κ1) is 18.3. The Bertz CT molecular complexity index is 494. The van der Waals surface area contributed by atoms with E-state index < -0.39 is 0 Å². The van der Waals surface area contributed by atoms with Crippen LogP contribution in [0.4, 0.5) is 0 Å². The van der Waals surface area contributed by atoms with Gasteiger partial charge in [0.15, 0.2) is 5.96 Å². The maximum atomic E-state index is 5.27. The van der Waals surface area contributed by atoms with Crippen LogP contribution in [0.3, 0.4) is 0 Å². The lowest BCUT2D eigenvalue weighted by Gasteiger charge is -2.42. The third kappa shape index (κ3) is 5.50. The molecule has 1 heterocycles. The molecule has 0 atom stereocenters. The van der Waals surface area contributed by atoms with E-state index in [0.29, 0.717) is 5.41 Å². The topological polar surface area (TPSA) is 45.7 Å². The molecular formula is C18H31N3OS. The maximum Gasteiger partial charge on any atom is 0.191 e. The van der Waals surface area contributed by atoms with Gasteiger partial charge in [-0.15, -0.1) is 11.3 Å². The van der Waals surface area contributed by atoms with E-state index in [-0.39, 0.29) is 0 Å². The summed E-state index contributed by atoms with van der Waals surface area (Å²) in [6.07, 6.45) is 6.19. The van der Waals surface area contributed by atoms with E-state index in [9.17, 15) is 0 Å². The van der Waals surface area contributed by atoms with Crippen LogP contribution in [0, 0.1) is 5.41 Å². The van der Waals surface area contributed by atoms with E-state index in [2.05, 4.69) is 36.6 Å². The molecule has 4 nitrogen and oxygen atoms in total. The van der Waals surface area contributed by atoms with Crippen LogP contribution in [0.2, 0.25) is 0 Å². The quantitative estimate of drug-likeness (QED) is 0.535. The van der Waals surface area contributed by atoms with Gasteiger partial charge in [0.05, 0.1) is 6.54 Å². The van der Waals surface area contributed by atoms with Gasteiger partial charge in [0.25, 0.3) is 0 Å². The number of nitrogens with one attached hydrogen (secondary N) is 2. The van der Waals surface area contributed by atoms with E-state index in [0.717, 1.165) is 45.0 Å². The average molecular weight is 338 g/mol. The Labute approximate surface area is 144 Å². The summed E-state index contributed by atoms with van der Waals surface area (Å²) in [6.45, 7) is 7.80. The fourth-order valence-corrected chi connectivity index (χ4v) is 3.86. The lowest BCUT2D eigenvalue weighted by Crippen LogP contribution is -2.46. The van der Waals surface area contributed by atoms with Crippen LogP contribution in [-0.2, 0) is 17.7 Å². The van der Waals surface area contributed by atoms with Gasteiger partial charge in [0.1, 0.15) is 0 Å². The molecule has 0 aromatic carbocycles. The van der Waals surface area contributed by atoms with E-state index in [1.165, 1.54) is 29.0 Å². The Hall–Kier alpha value is -1.07. The molecule has 1 aromatic heterocycles. The summed E-state index contributed by atoms with van der Waals surface area (Å²) >= 11 is 1.86. The molecule has 0 spiro atoms. The lowest BCUT2D eigenvalue weighted by atomic mass is 9.67. The zero-order valence-electron chi connectivity index (χ0n) is 14.8. The summed E-state index contributed by atoms with van der Waals surface area (Å²) in [7, 11) is 1.79. The molecule has 1 fully saturated rings. The summed E-state index contributed by atoms with van der Waals surface area (Å²) in [4.78, 5) is 7.51. The number of aliphatic imine (C=N–C) groups is 1. The largest absolute Gasteiger partial charge is 0.385 e. The molecule has 2 rings (SSSR count). The predicted molar refractivity (Wildman–Crippen MR) is 99.3 cm³/mol. The summed E-state index contributed by atoms with van der Waals surface area (Å²) < 4.78 is 5.27. The molecule has 0 amide bonds. The molecule has 1 saturated carbocycles. The number of hydrogen-bond acceptors (Lipinski definition) is 3. The number of guanidine groups is 1. The number of ether oxygens (including phenoxy) is 1. The van der Waals surface area contributed by atoms with Crippen molar-refractivity contribution in [2.24, 2.45) is 10.4 Å². The van der Waals surface area contributed by atoms with E-state index in [1.807, 2.05) is 11.3 Å². The van der Waals surface area contributed by atoms with E-state index >= 15 is 0 Å². The maximum absolute atomic E-state index is 5.27. The highest BCUT2D eigenvalue weighted by molar-refractivity contribution is 7.11. The zero-order valence-corrected chi connectivity index (χ0v) is 15.6. The van der Waals surface area contributed by atoms with Crippen molar-refractivity contribution in [2.75, 3.05) is 26.8 Å². The van der Waals surface area contributed by atoms with Crippen molar-refractivity contribution in [1.29, 1.82) is 0 Å². The molecule has 0 saturated heterocycles. The first-order valence-corrected chi connectivity index (χ1v) is 9.61. The predicted octanol–water partition coefficient (Wildman–Crippen LogP) is 3.57. The van der Waals surface area contributed by atoms with Crippen molar-refractivity contribution < 1.29 is 4.74 Å². The van der Waals surface area contributed by atoms with E-state index in [1.54, 1.807) is 7.11 Å². The standard InChI is InChI=1S/C18H31N3OS/c1-4-15-7-8-16(23-15)13-20-17(19-5-2)21-14-18(9-6-10-18)11-12-22-3/h7-8H,4-6,9-14H2,1-3H3,(H2,19,20,21). The van der Waals surface area contributed by atoms with Crippen LogP contribution in [0.1, 0.15) is 49.3 Å². The van der Waals surface area contributed by atoms with Gasteiger partial charge < -0.3 is 15.4 Å². The summed E-state index contributed by atoms with van der Waals surface area (Å²) in [5.41, 5.74) is 0.407. The highest BCUT2D eigenvalue weighted by atomic mass is 32.1. The smallest absolute Gasteiger partial charge is 0.191 e. The van der Waals surface area contributed by atoms with Gasteiger partial charge in [-0.2, -0.15) is 0 Å². The third-order valence-corrected chi connectivity index (χ3v) is 5.90. The second-order valence-corrected chi connectivity index (χ2v) is 7.62. The van der Waals surface area contributed by atoms with E-state index in [4.69, 9.17) is 9.73 Å². The fraction of sp³-hybridized carbons (Fsp3) is 0.722. The number of aryl methyl sites for hydroxylation is 1. The summed E-state index contributed by atoms with van der Waals surface area (Å²) in [5, 5.41) is 6.91. The molecule has 130 valence electrons. The molecule has 0 aliphatic heterocycles. The van der Waals surface area contributed by atoms with Crippen LogP contribution in [0.5, 0.6) is 0 Å². The number of nitrogens with zero attached hydrogens (tertiary/aromatic N) is 1. The number of hydrogen-bond donors (Lipinski definition) is 2. The van der Waals surface area contributed by atoms with Gasteiger partial charge in [-0.1, -0.05) is 13.3 Å². The molecule has 0 bridgehead atoms. The average Bonchev–Trinajstić information content (AvgIpc) is 2.99. The molecule has 23 heavy (non-hydrogen) atoms. The van der Waals surface area contributed by atoms with Crippen LogP contribution in [0.25, 0.3) is 0 Å². The zero-order chi connectivity index (χ0) is 16.5. The molecule has 5 heteroatoms. The normalized spacial score (nSPS) is 16.9. The van der Waals surface area contributed by atoms with Crippen molar-refractivity contribution in [3.05, 3.63) is 21.9 Å². The summed E-state index contributed by atoms with van der Waals surface area (Å²) in [5.74, 6) is 0.933. The van der Waals surface area contributed by atoms with Crippen LogP contribution >= 0.6 is 11.3 Å². The minimum absolute atomic E-state index is 0.407. The second kappa shape index (κ2) is 9.28. The monoisotopic (exact) mass is 337 g/mol. The Morgan fingerprint density at radius 2 is 2.04 bits per heavy atom. The van der Waals surface area contributed by atoms with Crippen molar-refractivity contribution >= 4 is 17.3 Å². The van der Waals surface area contributed by atoms with Gasteiger partial charge >= 0.3 is 0 Å². The van der Waals surface area contributed by atoms with Gasteiger partial charge in [-0.05, 0) is 50.2 Å². The molecule has 1 aliphatic rings. The Morgan fingerprint density at radius 1 is 1.26 bits per heavy atom. The van der Waals surface area contributed by atoms with Crippen LogP contribution < -0.4 is 10.6 Å². The number of methoxy groups -OCH3 is 1. The lowest BCUT2D eigenvalue weighted by molar-refractivity contribution is 0.0732. The minimum Gasteiger partial charge on any atom is -0.385 e. The van der Waals surface area contributed by atoms with Crippen molar-refractivity contribution in [2.45, 2.75) is 52.5 Å². The highest BCUT2D eigenvalue weighted by Crippen LogP contribution is 2.43.